The van der Waals surface area contributed by atoms with Crippen LogP contribution in [0.1, 0.15) is 28.2 Å². The molecule has 1 aromatic carbocycles. The largest absolute Gasteiger partial charge is 0.336 e. The van der Waals surface area contributed by atoms with E-state index in [1.165, 1.54) is 23.5 Å². The molecule has 0 aliphatic carbocycles. The van der Waals surface area contributed by atoms with Crippen LogP contribution >= 0.6 is 11.3 Å². The SMILES string of the molecule is Cc1nn(-c2ccc(F)cc2)c2sc(C(=O)N3CCCC(N)C3)cc12. The lowest BCUT2D eigenvalue weighted by Gasteiger charge is -2.30. The maximum absolute atomic E-state index is 13.2. The Morgan fingerprint density at radius 1 is 1.36 bits per heavy atom. The van der Waals surface area contributed by atoms with Gasteiger partial charge in [-0.15, -0.1) is 11.3 Å². The van der Waals surface area contributed by atoms with Gasteiger partial charge in [-0.05, 0) is 50.1 Å². The number of hydrogen-bond donors (Lipinski definition) is 1. The minimum absolute atomic E-state index is 0.0291. The van der Waals surface area contributed by atoms with Crippen LogP contribution in [-0.4, -0.2) is 39.7 Å². The average molecular weight is 358 g/mol. The summed E-state index contributed by atoms with van der Waals surface area (Å²) in [5, 5.41) is 5.49. The van der Waals surface area contributed by atoms with Crippen LogP contribution in [0.3, 0.4) is 0 Å². The molecule has 0 spiro atoms. The van der Waals surface area contributed by atoms with Crippen LogP contribution in [0.15, 0.2) is 30.3 Å². The van der Waals surface area contributed by atoms with Gasteiger partial charge in [0.05, 0.1) is 16.3 Å². The van der Waals surface area contributed by atoms with Crippen LogP contribution < -0.4 is 5.73 Å². The van der Waals surface area contributed by atoms with Crippen LogP contribution in [-0.2, 0) is 0 Å². The molecule has 1 atom stereocenters. The number of nitrogens with two attached hydrogens (primary N) is 1. The highest BCUT2D eigenvalue weighted by Crippen LogP contribution is 2.31. The van der Waals surface area contributed by atoms with Gasteiger partial charge in [-0.25, -0.2) is 9.07 Å². The third-order valence-electron chi connectivity index (χ3n) is 4.57. The van der Waals surface area contributed by atoms with Crippen LogP contribution in [0, 0.1) is 12.7 Å². The minimum atomic E-state index is -0.285. The molecule has 1 fully saturated rings. The van der Waals surface area contributed by atoms with E-state index in [-0.39, 0.29) is 17.8 Å². The van der Waals surface area contributed by atoms with Gasteiger partial charge in [0, 0.05) is 24.5 Å². The first-order valence-electron chi connectivity index (χ1n) is 8.33. The van der Waals surface area contributed by atoms with Crippen molar-refractivity contribution >= 4 is 27.5 Å². The highest BCUT2D eigenvalue weighted by molar-refractivity contribution is 7.20. The second-order valence-corrected chi connectivity index (χ2v) is 7.49. The number of fused-ring (bicyclic) bond motifs is 1. The third kappa shape index (κ3) is 2.94. The zero-order chi connectivity index (χ0) is 17.6. The first-order valence-corrected chi connectivity index (χ1v) is 9.14. The summed E-state index contributed by atoms with van der Waals surface area (Å²) in [4.78, 5) is 16.2. The van der Waals surface area contributed by atoms with Gasteiger partial charge < -0.3 is 10.6 Å². The Morgan fingerprint density at radius 3 is 2.84 bits per heavy atom. The Morgan fingerprint density at radius 2 is 2.12 bits per heavy atom. The summed E-state index contributed by atoms with van der Waals surface area (Å²) in [6.07, 6.45) is 1.91. The summed E-state index contributed by atoms with van der Waals surface area (Å²) in [6, 6.07) is 8.16. The molecule has 1 aliphatic heterocycles. The molecule has 2 aromatic heterocycles. The Kier molecular flexibility index (Phi) is 4.05. The number of halogens is 1. The van der Waals surface area contributed by atoms with Crippen molar-refractivity contribution < 1.29 is 9.18 Å². The summed E-state index contributed by atoms with van der Waals surface area (Å²) < 4.78 is 15.0. The highest BCUT2D eigenvalue weighted by atomic mass is 32.1. The normalized spacial score (nSPS) is 18.0. The topological polar surface area (TPSA) is 64.2 Å². The zero-order valence-corrected chi connectivity index (χ0v) is 14.7. The van der Waals surface area contributed by atoms with E-state index in [4.69, 9.17) is 5.73 Å². The van der Waals surface area contributed by atoms with Crippen LogP contribution in [0.25, 0.3) is 15.9 Å². The molecule has 1 unspecified atom stereocenters. The molecular formula is C18H19FN4OS. The van der Waals surface area contributed by atoms with E-state index in [0.29, 0.717) is 11.4 Å². The number of carbonyl (C=O) groups excluding carboxylic acids is 1. The van der Waals surface area contributed by atoms with Crippen molar-refractivity contribution in [1.82, 2.24) is 14.7 Å². The Labute approximate surface area is 148 Å². The first-order chi connectivity index (χ1) is 12.0. The molecule has 3 aromatic rings. The summed E-state index contributed by atoms with van der Waals surface area (Å²) in [5.41, 5.74) is 7.63. The van der Waals surface area contributed by atoms with E-state index in [1.807, 2.05) is 17.9 Å². The van der Waals surface area contributed by atoms with Gasteiger partial charge in [-0.3, -0.25) is 4.79 Å². The number of piperidine rings is 1. The van der Waals surface area contributed by atoms with Crippen molar-refractivity contribution in [2.75, 3.05) is 13.1 Å². The number of amides is 1. The van der Waals surface area contributed by atoms with Crippen molar-refractivity contribution in [3.63, 3.8) is 0 Å². The summed E-state index contributed by atoms with van der Waals surface area (Å²) >= 11 is 1.42. The predicted octanol–water partition coefficient (Wildman–Crippen LogP) is 3.10. The molecule has 0 saturated carbocycles. The number of rotatable bonds is 2. The third-order valence-corrected chi connectivity index (χ3v) is 5.67. The van der Waals surface area contributed by atoms with Crippen LogP contribution in [0.4, 0.5) is 4.39 Å². The second kappa shape index (κ2) is 6.24. The standard InChI is InChI=1S/C18H19FN4OS/c1-11-15-9-16(17(24)22-8-2-3-13(20)10-22)25-18(15)23(21-11)14-6-4-12(19)5-7-14/h4-7,9,13H,2-3,8,10,20H2,1H3. The zero-order valence-electron chi connectivity index (χ0n) is 13.9. The van der Waals surface area contributed by atoms with E-state index in [9.17, 15) is 9.18 Å². The van der Waals surface area contributed by atoms with Crippen molar-refractivity contribution in [3.8, 4) is 5.69 Å². The summed E-state index contributed by atoms with van der Waals surface area (Å²) in [6.45, 7) is 3.28. The van der Waals surface area contributed by atoms with E-state index in [2.05, 4.69) is 5.10 Å². The fourth-order valence-electron chi connectivity index (χ4n) is 3.26. The lowest BCUT2D eigenvalue weighted by Crippen LogP contribution is -2.45. The molecule has 4 rings (SSSR count). The number of hydrogen-bond acceptors (Lipinski definition) is 4. The van der Waals surface area contributed by atoms with Gasteiger partial charge in [-0.2, -0.15) is 5.10 Å². The maximum Gasteiger partial charge on any atom is 0.264 e. The first kappa shape index (κ1) is 16.2. The van der Waals surface area contributed by atoms with Gasteiger partial charge in [0.2, 0.25) is 0 Å². The summed E-state index contributed by atoms with van der Waals surface area (Å²) in [5.74, 6) is -0.256. The monoisotopic (exact) mass is 358 g/mol. The van der Waals surface area contributed by atoms with E-state index >= 15 is 0 Å². The fourth-order valence-corrected chi connectivity index (χ4v) is 4.41. The Balaban J connectivity index is 1.72. The number of benzene rings is 1. The molecule has 130 valence electrons. The smallest absolute Gasteiger partial charge is 0.264 e. The number of carbonyl (C=O) groups is 1. The molecule has 1 saturated heterocycles. The van der Waals surface area contributed by atoms with Crippen molar-refractivity contribution in [2.24, 2.45) is 5.73 Å². The molecule has 2 N–H and O–H groups in total. The number of aryl methyl sites for hydroxylation is 1. The Bertz CT molecular complexity index is 931. The van der Waals surface area contributed by atoms with Crippen LogP contribution in [0.2, 0.25) is 0 Å². The van der Waals surface area contributed by atoms with E-state index < -0.39 is 0 Å². The quantitative estimate of drug-likeness (QED) is 0.766. The molecular weight excluding hydrogens is 339 g/mol. The second-order valence-electron chi connectivity index (χ2n) is 6.46. The number of likely N-dealkylation sites (tertiary alicyclic amines) is 1. The van der Waals surface area contributed by atoms with E-state index in [1.54, 1.807) is 16.8 Å². The molecule has 7 heteroatoms. The number of aromatic nitrogens is 2. The lowest BCUT2D eigenvalue weighted by atomic mass is 10.1. The van der Waals surface area contributed by atoms with Gasteiger partial charge in [-0.1, -0.05) is 0 Å². The number of thiophene rings is 1. The predicted molar refractivity (Wildman–Crippen MR) is 96.8 cm³/mol. The molecule has 5 nitrogen and oxygen atoms in total. The van der Waals surface area contributed by atoms with Gasteiger partial charge >= 0.3 is 0 Å². The molecule has 25 heavy (non-hydrogen) atoms. The Hall–Kier alpha value is -2.25. The highest BCUT2D eigenvalue weighted by Gasteiger charge is 2.25. The van der Waals surface area contributed by atoms with Crippen LogP contribution in [0.5, 0.6) is 0 Å². The molecule has 3 heterocycles. The molecule has 0 radical (unpaired) electrons. The molecule has 1 amide bonds. The van der Waals surface area contributed by atoms with Gasteiger partial charge in [0.15, 0.2) is 0 Å². The van der Waals surface area contributed by atoms with Crippen molar-refractivity contribution in [2.45, 2.75) is 25.8 Å². The lowest BCUT2D eigenvalue weighted by molar-refractivity contribution is 0.0714. The van der Waals surface area contributed by atoms with Crippen molar-refractivity contribution in [3.05, 3.63) is 46.7 Å². The molecule has 1 aliphatic rings. The van der Waals surface area contributed by atoms with Crippen molar-refractivity contribution in [1.29, 1.82) is 0 Å². The van der Waals surface area contributed by atoms with E-state index in [0.717, 1.165) is 41.0 Å². The van der Waals surface area contributed by atoms with Gasteiger partial charge in [0.1, 0.15) is 10.6 Å². The summed E-state index contributed by atoms with van der Waals surface area (Å²) in [7, 11) is 0. The minimum Gasteiger partial charge on any atom is -0.336 e. The maximum atomic E-state index is 13.2. The van der Waals surface area contributed by atoms with Gasteiger partial charge in [0.25, 0.3) is 5.91 Å². The number of nitrogens with zero attached hydrogens (tertiary/aromatic N) is 3. The fraction of sp³-hybridized carbons (Fsp3) is 0.333. The average Bonchev–Trinajstić information content (AvgIpc) is 3.16. The molecule has 0 bridgehead atoms.